The van der Waals surface area contributed by atoms with Gasteiger partial charge in [-0.15, -0.1) is 0 Å². The Hall–Kier alpha value is 0.940. The topological polar surface area (TPSA) is 81.7 Å². The summed E-state index contributed by atoms with van der Waals surface area (Å²) in [5.74, 6) is -2.00. The maximum atomic E-state index is 9.58. The average molecular weight is 146 g/mol. The van der Waals surface area contributed by atoms with E-state index >= 15 is 0 Å². The smallest absolute Gasteiger partial charge is 0.667 e. The first kappa shape index (κ1) is 16.5. The van der Waals surface area contributed by atoms with Crippen molar-refractivity contribution in [2.24, 2.45) is 0 Å². The van der Waals surface area contributed by atoms with Crippen molar-refractivity contribution in [1.82, 2.24) is 0 Å². The maximum Gasteiger partial charge on any atom is 1.00 e. The van der Waals surface area contributed by atoms with E-state index in [1.165, 1.54) is 0 Å². The molecule has 0 aliphatic rings. The molecule has 40 valence electrons. The van der Waals surface area contributed by atoms with Gasteiger partial charge in [-0.1, -0.05) is 0 Å². The summed E-state index contributed by atoms with van der Waals surface area (Å²) >= 11 is 0. The van der Waals surface area contributed by atoms with Crippen molar-refractivity contribution in [3.8, 4) is 0 Å². The fraction of sp³-hybridized carbons (Fsp3) is 0.333. The Bertz CT molecular complexity index is 94.0. The Labute approximate surface area is 97.3 Å². The summed E-state index contributed by atoms with van der Waals surface area (Å²) in [5.41, 5.74) is 12.3. The summed E-state index contributed by atoms with van der Waals surface area (Å²) in [6.07, 6.45) is -0.583. The van der Waals surface area contributed by atoms with Crippen molar-refractivity contribution >= 4 is 11.8 Å². The molecule has 0 aromatic carbocycles. The molecule has 0 saturated heterocycles. The molecule has 6 heteroatoms. The minimum Gasteiger partial charge on any atom is -0.667 e. The van der Waals surface area contributed by atoms with E-state index in [0.717, 1.165) is 0 Å². The van der Waals surface area contributed by atoms with Crippen LogP contribution in [0.25, 0.3) is 11.5 Å². The van der Waals surface area contributed by atoms with Gasteiger partial charge in [-0.25, -0.2) is 0 Å². The van der Waals surface area contributed by atoms with Gasteiger partial charge < -0.3 is 21.1 Å². The summed E-state index contributed by atoms with van der Waals surface area (Å²) in [5, 5.41) is 0. The fourth-order valence-corrected chi connectivity index (χ4v) is 0.146. The standard InChI is InChI=1S/C3H6N2O2.2Na/c4-2(6)1-3(5)7;;/h1H2,(H4,4,5,6,7);;/q;2*+1/p-2. The van der Waals surface area contributed by atoms with Crippen LogP contribution in [0.15, 0.2) is 0 Å². The third-order valence-electron chi connectivity index (χ3n) is 0.321. The van der Waals surface area contributed by atoms with E-state index in [4.69, 9.17) is 11.5 Å². The van der Waals surface area contributed by atoms with Gasteiger partial charge in [-0.2, -0.15) is 0 Å². The Kier molecular flexibility index (Phi) is 16.4. The molecule has 0 aliphatic carbocycles. The van der Waals surface area contributed by atoms with Gasteiger partial charge in [-0.05, 0) is 0 Å². The Balaban J connectivity index is -0.000000180. The molecule has 0 aromatic rings. The van der Waals surface area contributed by atoms with E-state index in [1.54, 1.807) is 0 Å². The summed E-state index contributed by atoms with van der Waals surface area (Å²) < 4.78 is 0. The largest absolute Gasteiger partial charge is 1.00 e. The molecular weight excluding hydrogens is 142 g/mol. The molecule has 9 heavy (non-hydrogen) atoms. The Morgan fingerprint density at radius 2 is 1.22 bits per heavy atom. The van der Waals surface area contributed by atoms with Crippen molar-refractivity contribution in [2.75, 3.05) is 0 Å². The van der Waals surface area contributed by atoms with Crippen LogP contribution in [0.4, 0.5) is 0 Å². The number of carbonyl (C=O) groups is 2. The zero-order chi connectivity index (χ0) is 5.86. The van der Waals surface area contributed by atoms with Crippen molar-refractivity contribution < 1.29 is 68.7 Å². The molecule has 0 rings (SSSR count). The molecule has 0 aliphatic heterocycles. The van der Waals surface area contributed by atoms with Gasteiger partial charge >= 0.3 is 59.1 Å². The fourth-order valence-electron chi connectivity index (χ4n) is 0.146. The van der Waals surface area contributed by atoms with Crippen LogP contribution in [0.2, 0.25) is 0 Å². The molecule has 0 unspecified atom stereocenters. The predicted molar refractivity (Wildman–Crippen MR) is 23.3 cm³/mol. The average Bonchev–Trinajstić information content (AvgIpc) is 1.27. The van der Waals surface area contributed by atoms with Crippen molar-refractivity contribution in [1.29, 1.82) is 0 Å². The van der Waals surface area contributed by atoms with E-state index in [2.05, 4.69) is 0 Å². The quantitative estimate of drug-likeness (QED) is 0.287. The van der Waals surface area contributed by atoms with Gasteiger partial charge in [0.05, 0.1) is 11.8 Å². The van der Waals surface area contributed by atoms with Crippen LogP contribution in [0.5, 0.6) is 0 Å². The molecule has 4 nitrogen and oxygen atoms in total. The molecule has 2 N–H and O–H groups in total. The van der Waals surface area contributed by atoms with E-state index in [1.807, 2.05) is 0 Å². The van der Waals surface area contributed by atoms with Gasteiger partial charge in [0.1, 0.15) is 0 Å². The van der Waals surface area contributed by atoms with Crippen LogP contribution in [0.3, 0.4) is 0 Å². The number of nitrogens with one attached hydrogen (secondary N) is 2. The zero-order valence-electron chi connectivity index (χ0n) is 5.52. The number of hydrogen-bond donors (Lipinski definition) is 0. The molecule has 0 heterocycles. The normalized spacial score (nSPS) is 6.22. The molecule has 0 atom stereocenters. The van der Waals surface area contributed by atoms with Gasteiger partial charge in [0.2, 0.25) is 0 Å². The molecule has 0 spiro atoms. The van der Waals surface area contributed by atoms with Crippen molar-refractivity contribution in [3.63, 3.8) is 0 Å². The van der Waals surface area contributed by atoms with Gasteiger partial charge in [0.15, 0.2) is 0 Å². The minimum absolute atomic E-state index is 0. The number of hydrogen-bond acceptors (Lipinski definition) is 2. The number of amides is 2. The second kappa shape index (κ2) is 8.94. The third kappa shape index (κ3) is 17.6. The summed E-state index contributed by atoms with van der Waals surface area (Å²) in [7, 11) is 0. The SMILES string of the molecule is [NH-]C(=O)CC([NH-])=O.[Na+].[Na+]. The van der Waals surface area contributed by atoms with E-state index in [9.17, 15) is 9.59 Å². The van der Waals surface area contributed by atoms with Crippen molar-refractivity contribution in [2.45, 2.75) is 6.42 Å². The molecule has 2 amide bonds. The Morgan fingerprint density at radius 1 is 1.00 bits per heavy atom. The molecular formula is C3H4N2Na2O2. The second-order valence-electron chi connectivity index (χ2n) is 1.02. The molecule has 0 radical (unpaired) electrons. The first-order chi connectivity index (χ1) is 3.13. The summed E-state index contributed by atoms with van der Waals surface area (Å²) in [6.45, 7) is 0. The first-order valence-corrected chi connectivity index (χ1v) is 1.62. The first-order valence-electron chi connectivity index (χ1n) is 1.62. The predicted octanol–water partition coefficient (Wildman–Crippen LogP) is -5.46. The van der Waals surface area contributed by atoms with Crippen LogP contribution in [0.1, 0.15) is 6.42 Å². The second-order valence-corrected chi connectivity index (χ2v) is 1.02. The summed E-state index contributed by atoms with van der Waals surface area (Å²) in [6, 6.07) is 0. The van der Waals surface area contributed by atoms with Gasteiger partial charge in [0, 0.05) is 6.42 Å². The summed E-state index contributed by atoms with van der Waals surface area (Å²) in [4.78, 5) is 19.2. The molecule has 0 fully saturated rings. The minimum atomic E-state index is -1.00. The van der Waals surface area contributed by atoms with Crippen LogP contribution < -0.4 is 59.1 Å². The molecule has 0 saturated carbocycles. The van der Waals surface area contributed by atoms with Gasteiger partial charge in [-0.3, -0.25) is 0 Å². The van der Waals surface area contributed by atoms with Crippen LogP contribution >= 0.6 is 0 Å². The van der Waals surface area contributed by atoms with E-state index in [-0.39, 0.29) is 59.1 Å². The van der Waals surface area contributed by atoms with E-state index < -0.39 is 18.2 Å². The van der Waals surface area contributed by atoms with Crippen LogP contribution in [0, 0.1) is 0 Å². The number of carbonyl (C=O) groups excluding carboxylic acids is 2. The molecule has 0 bridgehead atoms. The zero-order valence-corrected chi connectivity index (χ0v) is 9.52. The maximum absolute atomic E-state index is 9.58. The van der Waals surface area contributed by atoms with Gasteiger partial charge in [0.25, 0.3) is 0 Å². The molecule has 0 aromatic heterocycles. The third-order valence-corrected chi connectivity index (χ3v) is 0.321. The van der Waals surface area contributed by atoms with E-state index in [0.29, 0.717) is 0 Å². The van der Waals surface area contributed by atoms with Crippen LogP contribution in [-0.2, 0) is 9.59 Å². The monoisotopic (exact) mass is 146 g/mol. The van der Waals surface area contributed by atoms with Crippen molar-refractivity contribution in [3.05, 3.63) is 11.5 Å². The Morgan fingerprint density at radius 3 is 1.22 bits per heavy atom. The van der Waals surface area contributed by atoms with Crippen LogP contribution in [-0.4, -0.2) is 11.8 Å². The number of rotatable bonds is 2.